The summed E-state index contributed by atoms with van der Waals surface area (Å²) >= 11 is 0. The van der Waals surface area contributed by atoms with Crippen LogP contribution in [0.4, 0.5) is 0 Å². The minimum Gasteiger partial charge on any atom is -0.437 e. The zero-order valence-corrected chi connectivity index (χ0v) is 20.5. The first kappa shape index (κ1) is 23.7. The molecule has 0 aliphatic heterocycles. The highest BCUT2D eigenvalue weighted by Crippen LogP contribution is 2.36. The van der Waals surface area contributed by atoms with Crippen molar-refractivity contribution in [3.63, 3.8) is 0 Å². The van der Waals surface area contributed by atoms with E-state index in [2.05, 4.69) is 46.8 Å². The fraction of sp³-hybridized carbons (Fsp3) is 0.269. The van der Waals surface area contributed by atoms with E-state index in [1.807, 2.05) is 6.07 Å². The second-order valence-electron chi connectivity index (χ2n) is 9.34. The Kier molecular flexibility index (Phi) is 6.14. The summed E-state index contributed by atoms with van der Waals surface area (Å²) in [4.78, 5) is 30.3. The molecule has 0 saturated heterocycles. The number of benzene rings is 2. The van der Waals surface area contributed by atoms with Crippen molar-refractivity contribution in [3.8, 4) is 29.5 Å². The molecule has 4 aromatic rings. The van der Waals surface area contributed by atoms with Gasteiger partial charge in [0.1, 0.15) is 22.8 Å². The van der Waals surface area contributed by atoms with Crippen LogP contribution in [-0.2, 0) is 5.41 Å². The summed E-state index contributed by atoms with van der Waals surface area (Å²) in [6.07, 6.45) is 0. The molecule has 0 spiro atoms. The lowest BCUT2D eigenvalue weighted by Gasteiger charge is -2.22. The summed E-state index contributed by atoms with van der Waals surface area (Å²) < 4.78 is 12.2. The van der Waals surface area contributed by atoms with Crippen LogP contribution < -0.4 is 9.47 Å². The van der Waals surface area contributed by atoms with Crippen molar-refractivity contribution in [3.05, 3.63) is 65.0 Å². The van der Waals surface area contributed by atoms with E-state index in [9.17, 15) is 10.1 Å². The maximum atomic E-state index is 12.4. The molecule has 2 aromatic heterocycles. The molecule has 4 rings (SSSR count). The molecule has 0 atom stereocenters. The number of hydrogen-bond acceptors (Lipinski definition) is 7. The Bertz CT molecular complexity index is 1460. The van der Waals surface area contributed by atoms with E-state index in [-0.39, 0.29) is 23.2 Å². The fourth-order valence-electron chi connectivity index (χ4n) is 3.54. The molecule has 1 N–H and O–H groups in total. The predicted octanol–water partition coefficient (Wildman–Crippen LogP) is 5.12. The number of fused-ring (bicyclic) bond motifs is 1. The summed E-state index contributed by atoms with van der Waals surface area (Å²) in [5.41, 5.74) is 2.48. The van der Waals surface area contributed by atoms with Gasteiger partial charge in [-0.3, -0.25) is 4.79 Å². The summed E-state index contributed by atoms with van der Waals surface area (Å²) in [5, 5.41) is 9.37. The first-order valence-corrected chi connectivity index (χ1v) is 11.0. The Balaban J connectivity index is 1.77. The normalized spacial score (nSPS) is 11.2. The monoisotopic (exact) mass is 470 g/mol. The molecule has 9 nitrogen and oxygen atoms in total. The number of carbonyl (C=O) groups excluding carboxylic acids is 1. The first-order valence-electron chi connectivity index (χ1n) is 11.0. The van der Waals surface area contributed by atoms with Crippen LogP contribution in [0.2, 0.25) is 0 Å². The maximum absolute atomic E-state index is 12.4. The van der Waals surface area contributed by atoms with Gasteiger partial charge in [0.05, 0.1) is 11.6 Å². The van der Waals surface area contributed by atoms with E-state index < -0.39 is 0 Å². The highest BCUT2D eigenvalue weighted by Gasteiger charge is 2.22. The van der Waals surface area contributed by atoms with Crippen LogP contribution >= 0.6 is 0 Å². The van der Waals surface area contributed by atoms with Gasteiger partial charge < -0.3 is 19.4 Å². The smallest absolute Gasteiger partial charge is 0.327 e. The molecule has 0 aliphatic rings. The van der Waals surface area contributed by atoms with Gasteiger partial charge >= 0.3 is 6.01 Å². The lowest BCUT2D eigenvalue weighted by molar-refractivity contribution is 0.0827. The third-order valence-electron chi connectivity index (χ3n) is 5.24. The van der Waals surface area contributed by atoms with Crippen molar-refractivity contribution in [2.45, 2.75) is 33.1 Å². The number of ether oxygens (including phenoxy) is 2. The van der Waals surface area contributed by atoms with E-state index in [0.29, 0.717) is 39.6 Å². The van der Waals surface area contributed by atoms with Crippen LogP contribution in [0.5, 0.6) is 23.4 Å². The van der Waals surface area contributed by atoms with Crippen LogP contribution in [0.3, 0.4) is 0 Å². The molecule has 0 fully saturated rings. The van der Waals surface area contributed by atoms with Crippen molar-refractivity contribution >= 4 is 17.1 Å². The molecule has 0 bridgehead atoms. The molecular weight excluding hydrogens is 444 g/mol. The molecule has 0 radical (unpaired) electrons. The SMILES string of the molecule is Cc1nc2nc(Oc3cc(C#N)ccc3C(C)(C)C)nc(Oc3cccc(C(=O)N(C)C)c3)c2[nH]1. The molecule has 0 aliphatic carbocycles. The number of H-pyrrole nitrogens is 1. The third-order valence-corrected chi connectivity index (χ3v) is 5.24. The fourth-order valence-corrected chi connectivity index (χ4v) is 3.54. The number of rotatable bonds is 5. The minimum atomic E-state index is -0.241. The number of amides is 1. The van der Waals surface area contributed by atoms with Crippen molar-refractivity contribution in [1.29, 1.82) is 5.26 Å². The summed E-state index contributed by atoms with van der Waals surface area (Å²) in [6.45, 7) is 7.97. The van der Waals surface area contributed by atoms with E-state index in [1.165, 1.54) is 4.90 Å². The lowest BCUT2D eigenvalue weighted by atomic mass is 9.86. The zero-order chi connectivity index (χ0) is 25.3. The molecule has 35 heavy (non-hydrogen) atoms. The molecule has 1 amide bonds. The standard InChI is InChI=1S/C26H26N6O3/c1-15-28-21-22(29-15)30-25(35-20-12-16(14-27)10-11-19(20)26(2,3)4)31-23(21)34-18-9-7-8-17(13-18)24(33)32(5)6/h7-13H,1-6H3,(H,28,29,30,31). The molecule has 0 unspecified atom stereocenters. The Labute approximate surface area is 203 Å². The molecular formula is C26H26N6O3. The third kappa shape index (κ3) is 5.06. The molecule has 2 heterocycles. The van der Waals surface area contributed by atoms with Gasteiger partial charge in [0.2, 0.25) is 0 Å². The Morgan fingerprint density at radius 2 is 1.83 bits per heavy atom. The van der Waals surface area contributed by atoms with E-state index in [0.717, 1.165) is 5.56 Å². The van der Waals surface area contributed by atoms with Gasteiger partial charge in [-0.25, -0.2) is 4.98 Å². The lowest BCUT2D eigenvalue weighted by Crippen LogP contribution is -2.21. The van der Waals surface area contributed by atoms with Crippen molar-refractivity contribution in [2.75, 3.05) is 14.1 Å². The molecule has 178 valence electrons. The number of carbonyl (C=O) groups is 1. The van der Waals surface area contributed by atoms with Gasteiger partial charge in [0.15, 0.2) is 5.65 Å². The van der Waals surface area contributed by atoms with E-state index in [1.54, 1.807) is 57.4 Å². The maximum Gasteiger partial charge on any atom is 0.327 e. The Morgan fingerprint density at radius 1 is 1.06 bits per heavy atom. The molecule has 2 aromatic carbocycles. The van der Waals surface area contributed by atoms with Gasteiger partial charge in [-0.2, -0.15) is 15.2 Å². The van der Waals surface area contributed by atoms with Crippen LogP contribution in [0.25, 0.3) is 11.2 Å². The van der Waals surface area contributed by atoms with Gasteiger partial charge in [-0.1, -0.05) is 32.9 Å². The number of imidazole rings is 1. The van der Waals surface area contributed by atoms with Crippen LogP contribution in [0, 0.1) is 18.3 Å². The number of aryl methyl sites for hydroxylation is 1. The predicted molar refractivity (Wildman–Crippen MR) is 131 cm³/mol. The van der Waals surface area contributed by atoms with Crippen molar-refractivity contribution in [2.24, 2.45) is 0 Å². The number of hydrogen-bond donors (Lipinski definition) is 1. The highest BCUT2D eigenvalue weighted by molar-refractivity contribution is 5.94. The summed E-state index contributed by atoms with van der Waals surface area (Å²) in [7, 11) is 3.38. The Hall–Kier alpha value is -4.45. The van der Waals surface area contributed by atoms with Gasteiger partial charge in [0, 0.05) is 25.2 Å². The number of nitrogens with one attached hydrogen (secondary N) is 1. The quantitative estimate of drug-likeness (QED) is 0.430. The van der Waals surface area contributed by atoms with Gasteiger partial charge in [-0.15, -0.1) is 0 Å². The average molecular weight is 471 g/mol. The largest absolute Gasteiger partial charge is 0.437 e. The molecule has 0 saturated carbocycles. The van der Waals surface area contributed by atoms with E-state index in [4.69, 9.17) is 9.47 Å². The molecule has 9 heteroatoms. The number of nitrogens with zero attached hydrogens (tertiary/aromatic N) is 5. The van der Waals surface area contributed by atoms with E-state index >= 15 is 0 Å². The second-order valence-corrected chi connectivity index (χ2v) is 9.34. The Morgan fingerprint density at radius 3 is 2.51 bits per heavy atom. The van der Waals surface area contributed by atoms with Crippen molar-refractivity contribution < 1.29 is 14.3 Å². The first-order chi connectivity index (χ1) is 16.5. The summed E-state index contributed by atoms with van der Waals surface area (Å²) in [6, 6.07) is 14.3. The second kappa shape index (κ2) is 9.06. The topological polar surface area (TPSA) is 117 Å². The van der Waals surface area contributed by atoms with Crippen LogP contribution in [0.15, 0.2) is 42.5 Å². The highest BCUT2D eigenvalue weighted by atomic mass is 16.5. The summed E-state index contributed by atoms with van der Waals surface area (Å²) in [5.74, 6) is 1.60. The van der Waals surface area contributed by atoms with Crippen molar-refractivity contribution in [1.82, 2.24) is 24.8 Å². The number of aromatic nitrogens is 4. The van der Waals surface area contributed by atoms with Gasteiger partial charge in [0.25, 0.3) is 11.8 Å². The van der Waals surface area contributed by atoms with Crippen LogP contribution in [-0.4, -0.2) is 44.8 Å². The minimum absolute atomic E-state index is 0.0279. The van der Waals surface area contributed by atoms with Gasteiger partial charge in [-0.05, 0) is 42.7 Å². The van der Waals surface area contributed by atoms with Crippen LogP contribution in [0.1, 0.15) is 48.1 Å². The number of nitriles is 1. The number of aromatic amines is 1. The zero-order valence-electron chi connectivity index (χ0n) is 20.5. The average Bonchev–Trinajstić information content (AvgIpc) is 3.18.